The minimum atomic E-state index is 0. The third kappa shape index (κ3) is 7.54. The van der Waals surface area contributed by atoms with Gasteiger partial charge in [0.25, 0.3) is 0 Å². The van der Waals surface area contributed by atoms with Crippen LogP contribution in [0.3, 0.4) is 0 Å². The van der Waals surface area contributed by atoms with E-state index in [4.69, 9.17) is 4.52 Å². The first-order chi connectivity index (χ1) is 13.3. The zero-order valence-corrected chi connectivity index (χ0v) is 19.9. The first kappa shape index (κ1) is 23.4. The number of aliphatic imine (C=N–C) groups is 1. The van der Waals surface area contributed by atoms with Crippen LogP contribution >= 0.6 is 24.0 Å². The highest BCUT2D eigenvalue weighted by molar-refractivity contribution is 14.0. The average molecular weight is 503 g/mol. The molecule has 7 heteroatoms. The van der Waals surface area contributed by atoms with E-state index in [0.717, 1.165) is 36.3 Å². The first-order valence-electron chi connectivity index (χ1n) is 11.0. The molecule has 1 saturated heterocycles. The van der Waals surface area contributed by atoms with E-state index in [2.05, 4.69) is 39.5 Å². The van der Waals surface area contributed by atoms with Gasteiger partial charge in [0.15, 0.2) is 11.7 Å². The van der Waals surface area contributed by atoms with E-state index >= 15 is 0 Å². The van der Waals surface area contributed by atoms with E-state index in [0.29, 0.717) is 12.6 Å². The van der Waals surface area contributed by atoms with Gasteiger partial charge < -0.3 is 20.1 Å². The minimum absolute atomic E-state index is 0. The lowest BCUT2D eigenvalue weighted by molar-refractivity contribution is 0.160. The number of likely N-dealkylation sites (tertiary alicyclic amines) is 1. The topological polar surface area (TPSA) is 65.7 Å². The van der Waals surface area contributed by atoms with Gasteiger partial charge in [-0.3, -0.25) is 0 Å². The van der Waals surface area contributed by atoms with Crippen LogP contribution < -0.4 is 10.6 Å². The van der Waals surface area contributed by atoms with E-state index in [1.807, 2.05) is 6.07 Å². The molecular formula is C21H38IN5O. The second kappa shape index (κ2) is 12.7. The Bertz CT molecular complexity index is 577. The van der Waals surface area contributed by atoms with Crippen LogP contribution in [0.25, 0.3) is 0 Å². The molecule has 0 radical (unpaired) electrons. The summed E-state index contributed by atoms with van der Waals surface area (Å²) >= 11 is 0. The van der Waals surface area contributed by atoms with Crippen LogP contribution in [0.4, 0.5) is 0 Å². The third-order valence-corrected chi connectivity index (χ3v) is 5.88. The number of guanidine groups is 1. The molecule has 1 saturated carbocycles. The van der Waals surface area contributed by atoms with E-state index in [9.17, 15) is 0 Å². The van der Waals surface area contributed by atoms with Gasteiger partial charge in [-0.15, -0.1) is 24.0 Å². The summed E-state index contributed by atoms with van der Waals surface area (Å²) in [6.07, 6.45) is 10.5. The molecule has 6 nitrogen and oxygen atoms in total. The number of nitrogens with zero attached hydrogens (tertiary/aromatic N) is 3. The average Bonchev–Trinajstić information content (AvgIpc) is 3.17. The van der Waals surface area contributed by atoms with Crippen LogP contribution in [0.2, 0.25) is 0 Å². The molecule has 2 N–H and O–H groups in total. The SMILES string of the molecule is CCNC(=NCc1cc(CC)no1)NC1CCN(CC2CCCCC2)CC1.I. The Kier molecular flexibility index (Phi) is 10.6. The van der Waals surface area contributed by atoms with Crippen molar-refractivity contribution >= 4 is 29.9 Å². The zero-order valence-electron chi connectivity index (χ0n) is 17.6. The number of aryl methyl sites for hydroxylation is 1. The van der Waals surface area contributed by atoms with Crippen molar-refractivity contribution in [3.05, 3.63) is 17.5 Å². The Balaban J connectivity index is 0.00000280. The maximum atomic E-state index is 5.34. The molecule has 2 aliphatic rings. The van der Waals surface area contributed by atoms with Gasteiger partial charge in [0.05, 0.1) is 5.69 Å². The van der Waals surface area contributed by atoms with Crippen molar-refractivity contribution < 1.29 is 4.52 Å². The second-order valence-electron chi connectivity index (χ2n) is 8.06. The van der Waals surface area contributed by atoms with Crippen LogP contribution in [0.1, 0.15) is 70.2 Å². The smallest absolute Gasteiger partial charge is 0.191 e. The number of aromatic nitrogens is 1. The summed E-state index contributed by atoms with van der Waals surface area (Å²) < 4.78 is 5.34. The fourth-order valence-electron chi connectivity index (χ4n) is 4.26. The van der Waals surface area contributed by atoms with Gasteiger partial charge >= 0.3 is 0 Å². The highest BCUT2D eigenvalue weighted by atomic mass is 127. The summed E-state index contributed by atoms with van der Waals surface area (Å²) in [4.78, 5) is 7.36. The van der Waals surface area contributed by atoms with Gasteiger partial charge in [0.1, 0.15) is 6.54 Å². The maximum absolute atomic E-state index is 5.34. The Morgan fingerprint density at radius 2 is 1.93 bits per heavy atom. The van der Waals surface area contributed by atoms with Gasteiger partial charge in [0.2, 0.25) is 0 Å². The molecular weight excluding hydrogens is 465 g/mol. The summed E-state index contributed by atoms with van der Waals surface area (Å²) in [5.41, 5.74) is 0.989. The molecule has 0 aromatic carbocycles. The van der Waals surface area contributed by atoms with Gasteiger partial charge in [-0.25, -0.2) is 4.99 Å². The van der Waals surface area contributed by atoms with E-state index in [1.54, 1.807) is 0 Å². The highest BCUT2D eigenvalue weighted by Crippen LogP contribution is 2.25. The normalized spacial score (nSPS) is 20.0. The molecule has 0 atom stereocenters. The summed E-state index contributed by atoms with van der Waals surface area (Å²) in [5.74, 6) is 2.65. The lowest BCUT2D eigenvalue weighted by Crippen LogP contribution is -2.49. The minimum Gasteiger partial charge on any atom is -0.359 e. The number of rotatable bonds is 7. The summed E-state index contributed by atoms with van der Waals surface area (Å²) in [6.45, 7) is 9.30. The van der Waals surface area contributed by atoms with Crippen LogP contribution in [0.15, 0.2) is 15.6 Å². The molecule has 2 fully saturated rings. The zero-order chi connectivity index (χ0) is 18.9. The second-order valence-corrected chi connectivity index (χ2v) is 8.06. The summed E-state index contributed by atoms with van der Waals surface area (Å²) in [6, 6.07) is 2.50. The summed E-state index contributed by atoms with van der Waals surface area (Å²) in [7, 11) is 0. The van der Waals surface area contributed by atoms with E-state index < -0.39 is 0 Å². The molecule has 2 heterocycles. The molecule has 1 aromatic heterocycles. The lowest BCUT2D eigenvalue weighted by atomic mass is 9.88. The van der Waals surface area contributed by atoms with Crippen LogP contribution in [-0.4, -0.2) is 48.2 Å². The predicted molar refractivity (Wildman–Crippen MR) is 125 cm³/mol. The quantitative estimate of drug-likeness (QED) is 0.335. The molecule has 0 unspecified atom stereocenters. The fourth-order valence-corrected chi connectivity index (χ4v) is 4.26. The third-order valence-electron chi connectivity index (χ3n) is 5.88. The van der Waals surface area contributed by atoms with Crippen LogP contribution in [-0.2, 0) is 13.0 Å². The number of halogens is 1. The maximum Gasteiger partial charge on any atom is 0.191 e. The fraction of sp³-hybridized carbons (Fsp3) is 0.810. The van der Waals surface area contributed by atoms with E-state index in [-0.39, 0.29) is 24.0 Å². The molecule has 0 amide bonds. The van der Waals surface area contributed by atoms with Gasteiger partial charge in [-0.2, -0.15) is 0 Å². The number of piperidine rings is 1. The monoisotopic (exact) mass is 503 g/mol. The van der Waals surface area contributed by atoms with Gasteiger partial charge in [-0.05, 0) is 44.9 Å². The van der Waals surface area contributed by atoms with Gasteiger partial charge in [-0.1, -0.05) is 31.3 Å². The van der Waals surface area contributed by atoms with Gasteiger partial charge in [0, 0.05) is 38.3 Å². The number of hydrogen-bond donors (Lipinski definition) is 2. The van der Waals surface area contributed by atoms with Crippen molar-refractivity contribution in [2.75, 3.05) is 26.2 Å². The van der Waals surface area contributed by atoms with Crippen molar-refractivity contribution in [2.45, 2.75) is 77.8 Å². The molecule has 160 valence electrons. The standard InChI is InChI=1S/C21H37N5O.HI/c1-3-18-14-20(27-25-18)15-23-21(22-4-2)24-19-10-12-26(13-11-19)16-17-8-6-5-7-9-17;/h14,17,19H,3-13,15-16H2,1-2H3,(H2,22,23,24);1H. The lowest BCUT2D eigenvalue weighted by Gasteiger charge is -2.36. The van der Waals surface area contributed by atoms with Crippen molar-refractivity contribution in [3.63, 3.8) is 0 Å². The van der Waals surface area contributed by atoms with Crippen molar-refractivity contribution in [2.24, 2.45) is 10.9 Å². The molecule has 1 aliphatic heterocycles. The molecule has 0 spiro atoms. The Hall–Kier alpha value is -0.830. The van der Waals surface area contributed by atoms with Crippen LogP contribution in [0.5, 0.6) is 0 Å². The summed E-state index contributed by atoms with van der Waals surface area (Å²) in [5, 5.41) is 11.0. The number of hydrogen-bond acceptors (Lipinski definition) is 4. The molecule has 28 heavy (non-hydrogen) atoms. The Morgan fingerprint density at radius 1 is 1.18 bits per heavy atom. The molecule has 1 aromatic rings. The predicted octanol–water partition coefficient (Wildman–Crippen LogP) is 3.95. The number of nitrogens with one attached hydrogen (secondary N) is 2. The van der Waals surface area contributed by atoms with E-state index in [1.165, 1.54) is 64.6 Å². The molecule has 3 rings (SSSR count). The highest BCUT2D eigenvalue weighted by Gasteiger charge is 2.23. The molecule has 1 aliphatic carbocycles. The van der Waals surface area contributed by atoms with Crippen molar-refractivity contribution in [1.29, 1.82) is 0 Å². The Morgan fingerprint density at radius 3 is 2.57 bits per heavy atom. The largest absolute Gasteiger partial charge is 0.359 e. The van der Waals surface area contributed by atoms with Crippen molar-refractivity contribution in [1.82, 2.24) is 20.7 Å². The molecule has 0 bridgehead atoms. The Labute approximate surface area is 187 Å². The first-order valence-corrected chi connectivity index (χ1v) is 11.0. The van der Waals surface area contributed by atoms with Crippen molar-refractivity contribution in [3.8, 4) is 0 Å². The van der Waals surface area contributed by atoms with Crippen LogP contribution in [0, 0.1) is 5.92 Å².